The highest BCUT2D eigenvalue weighted by atomic mass is 16.2. The van der Waals surface area contributed by atoms with E-state index in [1.165, 1.54) is 18.6 Å². The Morgan fingerprint density at radius 3 is 2.44 bits per heavy atom. The minimum atomic E-state index is -0.679. The van der Waals surface area contributed by atoms with Gasteiger partial charge in [0, 0.05) is 24.9 Å². The van der Waals surface area contributed by atoms with Gasteiger partial charge in [-0.2, -0.15) is 0 Å². The van der Waals surface area contributed by atoms with Gasteiger partial charge in [0.1, 0.15) is 11.7 Å². The molecule has 0 saturated heterocycles. The summed E-state index contributed by atoms with van der Waals surface area (Å²) in [5.41, 5.74) is 1.17. The Bertz CT molecular complexity index is 721. The first kappa shape index (κ1) is 20.6. The van der Waals surface area contributed by atoms with Crippen LogP contribution in [0.1, 0.15) is 49.7 Å². The van der Waals surface area contributed by atoms with E-state index in [0.717, 1.165) is 18.4 Å². The number of nitrogens with one attached hydrogen (secondary N) is 2. The molecule has 0 radical (unpaired) electrons. The van der Waals surface area contributed by atoms with Crippen molar-refractivity contribution in [2.75, 3.05) is 0 Å². The predicted octanol–water partition coefficient (Wildman–Crippen LogP) is 2.76. The van der Waals surface area contributed by atoms with Crippen LogP contribution in [0.25, 0.3) is 0 Å². The average molecular weight is 368 g/mol. The van der Waals surface area contributed by atoms with Gasteiger partial charge in [0.15, 0.2) is 0 Å². The molecule has 0 aliphatic carbocycles. The lowest BCUT2D eigenvalue weighted by atomic mass is 9.99. The van der Waals surface area contributed by atoms with E-state index in [0.29, 0.717) is 12.3 Å². The summed E-state index contributed by atoms with van der Waals surface area (Å²) in [7, 11) is 0. The van der Waals surface area contributed by atoms with Crippen molar-refractivity contribution in [1.82, 2.24) is 20.6 Å². The summed E-state index contributed by atoms with van der Waals surface area (Å²) in [5, 5.41) is 5.83. The van der Waals surface area contributed by atoms with E-state index < -0.39 is 11.9 Å². The first-order valence-corrected chi connectivity index (χ1v) is 9.40. The lowest BCUT2D eigenvalue weighted by Gasteiger charge is -2.23. The van der Waals surface area contributed by atoms with Gasteiger partial charge in [0.05, 0.1) is 6.20 Å². The lowest BCUT2D eigenvalue weighted by molar-refractivity contribution is -0.123. The van der Waals surface area contributed by atoms with Crippen LogP contribution in [0, 0.1) is 5.92 Å². The molecule has 0 saturated carbocycles. The number of aromatic nitrogens is 2. The molecule has 6 nitrogen and oxygen atoms in total. The molecular weight excluding hydrogens is 340 g/mol. The standard InChI is InChI=1S/C21H28N4O2/c1-4-15(2)12-16(3)24-20(26)18(13-17-8-6-5-7-9-17)25-21(27)19-14-22-10-11-23-19/h5-11,14-16,18H,4,12-13H2,1-3H3,(H,24,26)(H,25,27)/t15?,16-,18+/m1/s1. The number of carbonyl (C=O) groups is 2. The number of rotatable bonds is 9. The van der Waals surface area contributed by atoms with E-state index in [-0.39, 0.29) is 17.6 Å². The van der Waals surface area contributed by atoms with E-state index in [9.17, 15) is 9.59 Å². The van der Waals surface area contributed by atoms with E-state index >= 15 is 0 Å². The van der Waals surface area contributed by atoms with Crippen molar-refractivity contribution in [2.45, 2.75) is 52.1 Å². The smallest absolute Gasteiger partial charge is 0.272 e. The van der Waals surface area contributed by atoms with Crippen molar-refractivity contribution in [1.29, 1.82) is 0 Å². The van der Waals surface area contributed by atoms with Crippen LogP contribution in [0.2, 0.25) is 0 Å². The summed E-state index contributed by atoms with van der Waals surface area (Å²) in [6.07, 6.45) is 6.72. The third kappa shape index (κ3) is 6.81. The predicted molar refractivity (Wildman–Crippen MR) is 105 cm³/mol. The zero-order valence-electron chi connectivity index (χ0n) is 16.2. The Balaban J connectivity index is 2.08. The Labute approximate surface area is 160 Å². The van der Waals surface area contributed by atoms with Crippen LogP contribution in [-0.2, 0) is 11.2 Å². The van der Waals surface area contributed by atoms with Gasteiger partial charge in [-0.1, -0.05) is 50.6 Å². The summed E-state index contributed by atoms with van der Waals surface area (Å²) in [5.74, 6) is -0.0669. The maximum absolute atomic E-state index is 12.8. The van der Waals surface area contributed by atoms with Crippen molar-refractivity contribution in [3.8, 4) is 0 Å². The summed E-state index contributed by atoms with van der Waals surface area (Å²) >= 11 is 0. The van der Waals surface area contributed by atoms with Crippen LogP contribution in [0.5, 0.6) is 0 Å². The highest BCUT2D eigenvalue weighted by Crippen LogP contribution is 2.10. The molecule has 0 fully saturated rings. The number of benzene rings is 1. The maximum atomic E-state index is 12.8. The van der Waals surface area contributed by atoms with Gasteiger partial charge in [0.2, 0.25) is 5.91 Å². The molecule has 1 unspecified atom stereocenters. The number of carbonyl (C=O) groups excluding carboxylic acids is 2. The molecule has 0 aliphatic rings. The highest BCUT2D eigenvalue weighted by molar-refractivity contribution is 5.96. The van der Waals surface area contributed by atoms with Crippen molar-refractivity contribution in [3.05, 3.63) is 60.2 Å². The second kappa shape index (κ2) is 10.4. The SMILES string of the molecule is CCC(C)C[C@@H](C)NC(=O)[C@H](Cc1ccccc1)NC(=O)c1cnccn1. The van der Waals surface area contributed by atoms with Crippen molar-refractivity contribution in [3.63, 3.8) is 0 Å². The summed E-state index contributed by atoms with van der Waals surface area (Å²) in [6.45, 7) is 6.30. The summed E-state index contributed by atoms with van der Waals surface area (Å²) in [4.78, 5) is 33.2. The Morgan fingerprint density at radius 2 is 1.81 bits per heavy atom. The highest BCUT2D eigenvalue weighted by Gasteiger charge is 2.24. The van der Waals surface area contributed by atoms with Crippen LogP contribution in [-0.4, -0.2) is 33.9 Å². The molecule has 144 valence electrons. The van der Waals surface area contributed by atoms with Gasteiger partial charge < -0.3 is 10.6 Å². The van der Waals surface area contributed by atoms with E-state index in [2.05, 4.69) is 34.4 Å². The molecule has 2 amide bonds. The average Bonchev–Trinajstić information content (AvgIpc) is 2.68. The maximum Gasteiger partial charge on any atom is 0.272 e. The number of hydrogen-bond donors (Lipinski definition) is 2. The van der Waals surface area contributed by atoms with Crippen LogP contribution in [0.3, 0.4) is 0 Å². The fourth-order valence-electron chi connectivity index (χ4n) is 2.88. The normalized spacial score (nSPS) is 14.0. The van der Waals surface area contributed by atoms with Gasteiger partial charge in [-0.05, 0) is 24.8 Å². The molecular formula is C21H28N4O2. The molecule has 0 aliphatic heterocycles. The minimum Gasteiger partial charge on any atom is -0.352 e. The zero-order chi connectivity index (χ0) is 19.6. The zero-order valence-corrected chi connectivity index (χ0v) is 16.2. The van der Waals surface area contributed by atoms with Gasteiger partial charge in [-0.15, -0.1) is 0 Å². The molecule has 1 aromatic carbocycles. The minimum absolute atomic E-state index is 0.0409. The Hall–Kier alpha value is -2.76. The number of hydrogen-bond acceptors (Lipinski definition) is 4. The first-order valence-electron chi connectivity index (χ1n) is 9.40. The van der Waals surface area contributed by atoms with E-state index in [4.69, 9.17) is 0 Å². The lowest BCUT2D eigenvalue weighted by Crippen LogP contribution is -2.50. The molecule has 3 atom stereocenters. The molecule has 2 aromatic rings. The monoisotopic (exact) mass is 368 g/mol. The molecule has 6 heteroatoms. The third-order valence-electron chi connectivity index (χ3n) is 4.54. The fraction of sp³-hybridized carbons (Fsp3) is 0.429. The second-order valence-corrected chi connectivity index (χ2v) is 6.97. The van der Waals surface area contributed by atoms with Crippen molar-refractivity contribution < 1.29 is 9.59 Å². The fourth-order valence-corrected chi connectivity index (χ4v) is 2.88. The summed E-state index contributed by atoms with van der Waals surface area (Å²) in [6, 6.07) is 9.00. The summed E-state index contributed by atoms with van der Waals surface area (Å²) < 4.78 is 0. The van der Waals surface area contributed by atoms with Gasteiger partial charge in [-0.3, -0.25) is 14.6 Å². The van der Waals surface area contributed by atoms with Gasteiger partial charge >= 0.3 is 0 Å². The number of amides is 2. The van der Waals surface area contributed by atoms with Crippen molar-refractivity contribution >= 4 is 11.8 Å². The number of nitrogens with zero attached hydrogens (tertiary/aromatic N) is 2. The Morgan fingerprint density at radius 1 is 1.07 bits per heavy atom. The molecule has 27 heavy (non-hydrogen) atoms. The largest absolute Gasteiger partial charge is 0.352 e. The van der Waals surface area contributed by atoms with Crippen LogP contribution < -0.4 is 10.6 Å². The molecule has 2 rings (SSSR count). The quantitative estimate of drug-likeness (QED) is 0.713. The van der Waals surface area contributed by atoms with Crippen LogP contribution in [0.15, 0.2) is 48.9 Å². The van der Waals surface area contributed by atoms with Crippen molar-refractivity contribution in [2.24, 2.45) is 5.92 Å². The van der Waals surface area contributed by atoms with E-state index in [1.807, 2.05) is 37.3 Å². The third-order valence-corrected chi connectivity index (χ3v) is 4.54. The molecule has 1 aromatic heterocycles. The van der Waals surface area contributed by atoms with Crippen LogP contribution >= 0.6 is 0 Å². The molecule has 0 spiro atoms. The molecule has 2 N–H and O–H groups in total. The van der Waals surface area contributed by atoms with Gasteiger partial charge in [-0.25, -0.2) is 4.98 Å². The molecule has 1 heterocycles. The second-order valence-electron chi connectivity index (χ2n) is 6.97. The van der Waals surface area contributed by atoms with Crippen LogP contribution in [0.4, 0.5) is 0 Å². The molecule has 0 bridgehead atoms. The first-order chi connectivity index (χ1) is 13.0. The topological polar surface area (TPSA) is 84.0 Å². The van der Waals surface area contributed by atoms with Gasteiger partial charge in [0.25, 0.3) is 5.91 Å². The van der Waals surface area contributed by atoms with E-state index in [1.54, 1.807) is 0 Å². The Kier molecular flexibility index (Phi) is 7.92.